The molecule has 5 nitrogen and oxygen atoms in total. The van der Waals surface area contributed by atoms with Crippen molar-refractivity contribution in [3.8, 4) is 6.07 Å². The lowest BCUT2D eigenvalue weighted by Crippen LogP contribution is -2.23. The molecule has 0 saturated heterocycles. The van der Waals surface area contributed by atoms with Crippen molar-refractivity contribution in [3.63, 3.8) is 0 Å². The number of aryl methyl sites for hydroxylation is 1. The predicted octanol–water partition coefficient (Wildman–Crippen LogP) is 0.883. The Morgan fingerprint density at radius 1 is 1.56 bits per heavy atom. The van der Waals surface area contributed by atoms with Crippen LogP contribution in [-0.4, -0.2) is 26.1 Å². The highest BCUT2D eigenvalue weighted by Crippen LogP contribution is 2.36. The SMILES string of the molecule is CS(=O)(=O)OC(O)C1CCc2ccc(C#N)cc21. The highest BCUT2D eigenvalue weighted by molar-refractivity contribution is 7.86. The molecule has 0 heterocycles. The van der Waals surface area contributed by atoms with Crippen molar-refractivity contribution in [3.05, 3.63) is 34.9 Å². The summed E-state index contributed by atoms with van der Waals surface area (Å²) in [5, 5.41) is 18.7. The molecule has 6 heteroatoms. The first kappa shape index (κ1) is 13.0. The van der Waals surface area contributed by atoms with E-state index in [9.17, 15) is 13.5 Å². The highest BCUT2D eigenvalue weighted by Gasteiger charge is 2.31. The monoisotopic (exact) mass is 267 g/mol. The fourth-order valence-corrected chi connectivity index (χ4v) is 2.74. The van der Waals surface area contributed by atoms with Gasteiger partial charge in [-0.05, 0) is 36.1 Å². The lowest BCUT2D eigenvalue weighted by Gasteiger charge is -2.18. The van der Waals surface area contributed by atoms with Crippen LogP contribution in [0, 0.1) is 11.3 Å². The summed E-state index contributed by atoms with van der Waals surface area (Å²) < 4.78 is 26.6. The van der Waals surface area contributed by atoms with E-state index in [2.05, 4.69) is 4.18 Å². The number of hydrogen-bond donors (Lipinski definition) is 1. The average molecular weight is 267 g/mol. The molecular formula is C12H13NO4S. The van der Waals surface area contributed by atoms with Gasteiger partial charge in [0.15, 0.2) is 6.29 Å². The Kier molecular flexibility index (Phi) is 3.39. The second kappa shape index (κ2) is 4.69. The van der Waals surface area contributed by atoms with Gasteiger partial charge in [-0.3, -0.25) is 0 Å². The van der Waals surface area contributed by atoms with Crippen molar-refractivity contribution in [2.24, 2.45) is 0 Å². The molecule has 2 unspecified atom stereocenters. The quantitative estimate of drug-likeness (QED) is 0.649. The summed E-state index contributed by atoms with van der Waals surface area (Å²) in [5.74, 6) is -0.400. The zero-order valence-corrected chi connectivity index (χ0v) is 10.6. The number of fused-ring (bicyclic) bond motifs is 1. The van der Waals surface area contributed by atoms with Crippen LogP contribution in [0.4, 0.5) is 0 Å². The Morgan fingerprint density at radius 3 is 2.89 bits per heavy atom. The zero-order valence-electron chi connectivity index (χ0n) is 9.83. The van der Waals surface area contributed by atoms with Crippen molar-refractivity contribution in [2.45, 2.75) is 25.0 Å². The van der Waals surface area contributed by atoms with E-state index in [0.29, 0.717) is 12.0 Å². The molecule has 2 rings (SSSR count). The number of aliphatic hydroxyl groups excluding tert-OH is 1. The van der Waals surface area contributed by atoms with Gasteiger partial charge in [-0.15, -0.1) is 0 Å². The summed E-state index contributed by atoms with van der Waals surface area (Å²) in [6.45, 7) is 0. The van der Waals surface area contributed by atoms with E-state index in [0.717, 1.165) is 23.8 Å². The fourth-order valence-electron chi connectivity index (χ4n) is 2.25. The maximum atomic E-state index is 11.0. The highest BCUT2D eigenvalue weighted by atomic mass is 32.2. The van der Waals surface area contributed by atoms with Gasteiger partial charge >= 0.3 is 0 Å². The van der Waals surface area contributed by atoms with Crippen molar-refractivity contribution in [1.29, 1.82) is 5.26 Å². The normalized spacial score (nSPS) is 20.2. The van der Waals surface area contributed by atoms with Crippen molar-refractivity contribution >= 4 is 10.1 Å². The summed E-state index contributed by atoms with van der Waals surface area (Å²) in [4.78, 5) is 0. The minimum atomic E-state index is -3.69. The second-order valence-corrected chi connectivity index (χ2v) is 5.96. The first-order valence-electron chi connectivity index (χ1n) is 5.50. The summed E-state index contributed by atoms with van der Waals surface area (Å²) in [7, 11) is -3.69. The van der Waals surface area contributed by atoms with Gasteiger partial charge in [-0.25, -0.2) is 4.18 Å². The van der Waals surface area contributed by atoms with Crippen LogP contribution in [-0.2, 0) is 20.7 Å². The molecule has 0 fully saturated rings. The van der Waals surface area contributed by atoms with Gasteiger partial charge in [-0.2, -0.15) is 13.7 Å². The van der Waals surface area contributed by atoms with Crippen LogP contribution in [0.2, 0.25) is 0 Å². The number of aliphatic hydroxyl groups is 1. The molecule has 0 amide bonds. The Bertz CT molecular complexity index is 603. The molecule has 2 atom stereocenters. The maximum absolute atomic E-state index is 11.0. The third-order valence-electron chi connectivity index (χ3n) is 3.02. The summed E-state index contributed by atoms with van der Waals surface area (Å²) in [6.07, 6.45) is 0.865. The van der Waals surface area contributed by atoms with Crippen molar-refractivity contribution in [2.75, 3.05) is 6.26 Å². The first-order valence-corrected chi connectivity index (χ1v) is 7.31. The van der Waals surface area contributed by atoms with Gasteiger partial charge in [0, 0.05) is 5.92 Å². The number of nitrogens with zero attached hydrogens (tertiary/aromatic N) is 1. The van der Waals surface area contributed by atoms with E-state index in [-0.39, 0.29) is 0 Å². The minimum Gasteiger partial charge on any atom is -0.366 e. The molecular weight excluding hydrogens is 254 g/mol. The number of rotatable bonds is 3. The van der Waals surface area contributed by atoms with Crippen LogP contribution in [0.5, 0.6) is 0 Å². The van der Waals surface area contributed by atoms with E-state index < -0.39 is 22.3 Å². The molecule has 18 heavy (non-hydrogen) atoms. The Balaban J connectivity index is 2.28. The van der Waals surface area contributed by atoms with E-state index >= 15 is 0 Å². The zero-order chi connectivity index (χ0) is 13.3. The van der Waals surface area contributed by atoms with Crippen molar-refractivity contribution < 1.29 is 17.7 Å². The van der Waals surface area contributed by atoms with Gasteiger partial charge in [0.2, 0.25) is 0 Å². The summed E-state index contributed by atoms with van der Waals surface area (Å²) in [6, 6.07) is 7.25. The topological polar surface area (TPSA) is 87.4 Å². The van der Waals surface area contributed by atoms with E-state index in [1.165, 1.54) is 0 Å². The van der Waals surface area contributed by atoms with Gasteiger partial charge < -0.3 is 5.11 Å². The molecule has 96 valence electrons. The molecule has 1 aliphatic rings. The van der Waals surface area contributed by atoms with Crippen LogP contribution < -0.4 is 0 Å². The summed E-state index contributed by atoms with van der Waals surface area (Å²) in [5.41, 5.74) is 2.31. The smallest absolute Gasteiger partial charge is 0.266 e. The number of nitriles is 1. The molecule has 1 aromatic carbocycles. The predicted molar refractivity (Wildman–Crippen MR) is 64.2 cm³/mol. The number of benzene rings is 1. The Labute approximate surface area is 106 Å². The van der Waals surface area contributed by atoms with Gasteiger partial charge in [0.05, 0.1) is 17.9 Å². The molecule has 1 N–H and O–H groups in total. The molecule has 0 bridgehead atoms. The van der Waals surface area contributed by atoms with Crippen LogP contribution in [0.3, 0.4) is 0 Å². The van der Waals surface area contributed by atoms with Gasteiger partial charge in [0.1, 0.15) is 0 Å². The minimum absolute atomic E-state index is 0.400. The molecule has 0 aliphatic heterocycles. The van der Waals surface area contributed by atoms with Crippen molar-refractivity contribution in [1.82, 2.24) is 0 Å². The van der Waals surface area contributed by atoms with Crippen LogP contribution in [0.1, 0.15) is 29.0 Å². The van der Waals surface area contributed by atoms with E-state index in [1.807, 2.05) is 12.1 Å². The standard InChI is InChI=1S/C12H13NO4S/c1-18(15,16)17-12(14)10-5-4-9-3-2-8(7-13)6-11(9)10/h2-3,6,10,12,14H,4-5H2,1H3. The number of hydrogen-bond acceptors (Lipinski definition) is 5. The lowest BCUT2D eigenvalue weighted by atomic mass is 9.99. The second-order valence-electron chi connectivity index (χ2n) is 4.36. The van der Waals surface area contributed by atoms with Crippen LogP contribution in [0.25, 0.3) is 0 Å². The van der Waals surface area contributed by atoms with E-state index in [4.69, 9.17) is 5.26 Å². The lowest BCUT2D eigenvalue weighted by molar-refractivity contribution is -0.0322. The molecule has 1 aliphatic carbocycles. The van der Waals surface area contributed by atoms with E-state index in [1.54, 1.807) is 12.1 Å². The molecule has 0 aromatic heterocycles. The Hall–Kier alpha value is -1.42. The maximum Gasteiger partial charge on any atom is 0.266 e. The van der Waals surface area contributed by atoms with Gasteiger partial charge in [-0.1, -0.05) is 6.07 Å². The average Bonchev–Trinajstić information content (AvgIpc) is 2.69. The van der Waals surface area contributed by atoms with Crippen LogP contribution in [0.15, 0.2) is 18.2 Å². The third-order valence-corrected chi connectivity index (χ3v) is 3.56. The molecule has 0 spiro atoms. The largest absolute Gasteiger partial charge is 0.366 e. The molecule has 0 radical (unpaired) electrons. The fraction of sp³-hybridized carbons (Fsp3) is 0.417. The Morgan fingerprint density at radius 2 is 2.28 bits per heavy atom. The van der Waals surface area contributed by atoms with Gasteiger partial charge in [0.25, 0.3) is 10.1 Å². The summed E-state index contributed by atoms with van der Waals surface area (Å²) >= 11 is 0. The first-order chi connectivity index (χ1) is 8.40. The molecule has 1 aromatic rings. The third kappa shape index (κ3) is 2.70. The molecule has 0 saturated carbocycles. The van der Waals surface area contributed by atoms with Crippen LogP contribution >= 0.6 is 0 Å².